The van der Waals surface area contributed by atoms with Gasteiger partial charge in [0.1, 0.15) is 0 Å². The van der Waals surface area contributed by atoms with Crippen LogP contribution in [0.4, 0.5) is 0 Å². The first-order valence-electron chi connectivity index (χ1n) is 4.65. The fraction of sp³-hybridized carbons (Fsp3) is 0.700. The molecule has 12 heavy (non-hydrogen) atoms. The van der Waals surface area contributed by atoms with Gasteiger partial charge in [-0.05, 0) is 38.2 Å². The highest BCUT2D eigenvalue weighted by atomic mass is 16.3. The first-order chi connectivity index (χ1) is 5.72. The second kappa shape index (κ2) is 2.70. The van der Waals surface area contributed by atoms with Crippen LogP contribution in [0.5, 0.6) is 0 Å². The van der Waals surface area contributed by atoms with Gasteiger partial charge in [-0.3, -0.25) is 4.79 Å². The molecule has 2 nitrogen and oxygen atoms in total. The molecule has 2 rings (SSSR count). The highest BCUT2D eigenvalue weighted by Gasteiger charge is 2.45. The van der Waals surface area contributed by atoms with Crippen LogP contribution in [0.3, 0.4) is 0 Å². The number of allylic oxidation sites excluding steroid dienone is 2. The summed E-state index contributed by atoms with van der Waals surface area (Å²) in [6.07, 6.45) is 8.02. The van der Waals surface area contributed by atoms with Crippen LogP contribution in [0.15, 0.2) is 12.2 Å². The Morgan fingerprint density at radius 2 is 2.25 bits per heavy atom. The monoisotopic (exact) mass is 166 g/mol. The third kappa shape index (κ3) is 1.11. The van der Waals surface area contributed by atoms with Crippen molar-refractivity contribution in [1.82, 2.24) is 0 Å². The number of aliphatic hydroxyl groups is 1. The van der Waals surface area contributed by atoms with Crippen molar-refractivity contribution in [2.75, 3.05) is 0 Å². The third-order valence-electron chi connectivity index (χ3n) is 3.12. The Balaban J connectivity index is 2.12. The molecule has 1 fully saturated rings. The summed E-state index contributed by atoms with van der Waals surface area (Å²) in [5.41, 5.74) is -0.637. The third-order valence-corrected chi connectivity index (χ3v) is 3.12. The molecule has 2 aliphatic carbocycles. The average Bonchev–Trinajstić information content (AvgIpc) is 2.01. The summed E-state index contributed by atoms with van der Waals surface area (Å²) in [6.45, 7) is 0. The SMILES string of the molecule is O=C1C=CCCC1C1(O)CCC1. The molecule has 1 saturated carbocycles. The van der Waals surface area contributed by atoms with E-state index in [0.29, 0.717) is 0 Å². The molecule has 0 saturated heterocycles. The predicted molar refractivity (Wildman–Crippen MR) is 45.7 cm³/mol. The summed E-state index contributed by atoms with van der Waals surface area (Å²) >= 11 is 0. The van der Waals surface area contributed by atoms with E-state index in [0.717, 1.165) is 32.1 Å². The predicted octanol–water partition coefficient (Wildman–Crippen LogP) is 1.44. The van der Waals surface area contributed by atoms with E-state index >= 15 is 0 Å². The highest BCUT2D eigenvalue weighted by molar-refractivity contribution is 5.93. The molecule has 0 radical (unpaired) electrons. The van der Waals surface area contributed by atoms with Crippen molar-refractivity contribution in [3.63, 3.8) is 0 Å². The minimum atomic E-state index is -0.637. The fourth-order valence-corrected chi connectivity index (χ4v) is 2.14. The van der Waals surface area contributed by atoms with Gasteiger partial charge < -0.3 is 5.11 Å². The molecule has 2 heteroatoms. The normalized spacial score (nSPS) is 33.1. The molecular formula is C10H14O2. The van der Waals surface area contributed by atoms with Gasteiger partial charge in [-0.2, -0.15) is 0 Å². The molecule has 0 aromatic heterocycles. The Bertz CT molecular complexity index is 226. The molecule has 1 unspecified atom stereocenters. The van der Waals surface area contributed by atoms with Crippen LogP contribution in [0, 0.1) is 5.92 Å². The molecular weight excluding hydrogens is 152 g/mol. The summed E-state index contributed by atoms with van der Waals surface area (Å²) in [4.78, 5) is 11.4. The quantitative estimate of drug-likeness (QED) is 0.640. The molecule has 1 atom stereocenters. The minimum absolute atomic E-state index is 0.101. The largest absolute Gasteiger partial charge is 0.389 e. The summed E-state index contributed by atoms with van der Waals surface area (Å²) in [5.74, 6) is 0.0275. The maximum atomic E-state index is 11.4. The lowest BCUT2D eigenvalue weighted by Crippen LogP contribution is -2.48. The number of ketones is 1. The Labute approximate surface area is 72.3 Å². The molecule has 0 spiro atoms. The number of carbonyl (C=O) groups excluding carboxylic acids is 1. The van der Waals surface area contributed by atoms with E-state index in [9.17, 15) is 9.90 Å². The van der Waals surface area contributed by atoms with Gasteiger partial charge in [-0.15, -0.1) is 0 Å². The van der Waals surface area contributed by atoms with Crippen LogP contribution in [0.2, 0.25) is 0 Å². The van der Waals surface area contributed by atoms with Gasteiger partial charge in [0.25, 0.3) is 0 Å². The fourth-order valence-electron chi connectivity index (χ4n) is 2.14. The summed E-state index contributed by atoms with van der Waals surface area (Å²) in [5, 5.41) is 9.95. The van der Waals surface area contributed by atoms with E-state index in [4.69, 9.17) is 0 Å². The Morgan fingerprint density at radius 1 is 1.50 bits per heavy atom. The molecule has 2 aliphatic rings. The van der Waals surface area contributed by atoms with Crippen LogP contribution < -0.4 is 0 Å². The molecule has 0 heterocycles. The van der Waals surface area contributed by atoms with Crippen molar-refractivity contribution < 1.29 is 9.90 Å². The van der Waals surface area contributed by atoms with E-state index in [1.54, 1.807) is 6.08 Å². The van der Waals surface area contributed by atoms with Gasteiger partial charge in [0, 0.05) is 0 Å². The first kappa shape index (κ1) is 7.99. The Kier molecular flexibility index (Phi) is 1.80. The van der Waals surface area contributed by atoms with Crippen LogP contribution >= 0.6 is 0 Å². The second-order valence-electron chi connectivity index (χ2n) is 3.89. The lowest BCUT2D eigenvalue weighted by Gasteiger charge is -2.42. The molecule has 0 bridgehead atoms. The molecule has 0 amide bonds. The van der Waals surface area contributed by atoms with Crippen LogP contribution in [-0.4, -0.2) is 16.5 Å². The van der Waals surface area contributed by atoms with Crippen molar-refractivity contribution in [1.29, 1.82) is 0 Å². The van der Waals surface area contributed by atoms with Gasteiger partial charge >= 0.3 is 0 Å². The van der Waals surface area contributed by atoms with Gasteiger partial charge in [0.2, 0.25) is 0 Å². The number of carbonyl (C=O) groups is 1. The smallest absolute Gasteiger partial charge is 0.161 e. The van der Waals surface area contributed by atoms with Crippen molar-refractivity contribution in [3.05, 3.63) is 12.2 Å². The topological polar surface area (TPSA) is 37.3 Å². The lowest BCUT2D eigenvalue weighted by atomic mass is 9.67. The molecule has 66 valence electrons. The summed E-state index contributed by atoms with van der Waals surface area (Å²) < 4.78 is 0. The maximum Gasteiger partial charge on any atom is 0.161 e. The zero-order chi connectivity index (χ0) is 8.60. The average molecular weight is 166 g/mol. The standard InChI is InChI=1S/C10H14O2/c11-9-5-2-1-4-8(9)10(12)6-3-7-10/h2,5,8,12H,1,3-4,6-7H2. The first-order valence-corrected chi connectivity index (χ1v) is 4.65. The van der Waals surface area contributed by atoms with E-state index < -0.39 is 5.60 Å². The molecule has 0 aromatic rings. The van der Waals surface area contributed by atoms with E-state index in [1.807, 2.05) is 6.08 Å². The molecule has 0 aromatic carbocycles. The Morgan fingerprint density at radius 3 is 2.75 bits per heavy atom. The van der Waals surface area contributed by atoms with Gasteiger partial charge in [0.15, 0.2) is 5.78 Å². The van der Waals surface area contributed by atoms with E-state index in [-0.39, 0.29) is 11.7 Å². The highest BCUT2D eigenvalue weighted by Crippen LogP contribution is 2.41. The Hall–Kier alpha value is -0.630. The molecule has 0 aliphatic heterocycles. The van der Waals surface area contributed by atoms with Crippen molar-refractivity contribution in [2.24, 2.45) is 5.92 Å². The number of rotatable bonds is 1. The van der Waals surface area contributed by atoms with Crippen molar-refractivity contribution in [3.8, 4) is 0 Å². The number of hydrogen-bond acceptors (Lipinski definition) is 2. The summed E-state index contributed by atoms with van der Waals surface area (Å²) in [7, 11) is 0. The zero-order valence-corrected chi connectivity index (χ0v) is 7.12. The molecule has 1 N–H and O–H groups in total. The summed E-state index contributed by atoms with van der Waals surface area (Å²) in [6, 6.07) is 0. The van der Waals surface area contributed by atoms with Crippen LogP contribution in [0.25, 0.3) is 0 Å². The van der Waals surface area contributed by atoms with Gasteiger partial charge in [-0.1, -0.05) is 6.08 Å². The minimum Gasteiger partial charge on any atom is -0.389 e. The van der Waals surface area contributed by atoms with Gasteiger partial charge in [-0.25, -0.2) is 0 Å². The number of hydrogen-bond donors (Lipinski definition) is 1. The second-order valence-corrected chi connectivity index (χ2v) is 3.89. The van der Waals surface area contributed by atoms with Crippen molar-refractivity contribution in [2.45, 2.75) is 37.7 Å². The zero-order valence-electron chi connectivity index (χ0n) is 7.12. The van der Waals surface area contributed by atoms with Crippen LogP contribution in [0.1, 0.15) is 32.1 Å². The lowest BCUT2D eigenvalue weighted by molar-refractivity contribution is -0.137. The van der Waals surface area contributed by atoms with E-state index in [1.165, 1.54) is 0 Å². The maximum absolute atomic E-state index is 11.4. The van der Waals surface area contributed by atoms with Crippen molar-refractivity contribution >= 4 is 5.78 Å². The van der Waals surface area contributed by atoms with Gasteiger partial charge in [0.05, 0.1) is 11.5 Å². The van der Waals surface area contributed by atoms with Crippen LogP contribution in [-0.2, 0) is 4.79 Å². The van der Waals surface area contributed by atoms with E-state index in [2.05, 4.69) is 0 Å².